The maximum Gasteiger partial charge on any atom is 0.153 e. The largest absolute Gasteiger partial charge is 0.311 e. The lowest BCUT2D eigenvalue weighted by atomic mass is 10.1. The quantitative estimate of drug-likeness (QED) is 0.785. The molecule has 5 heteroatoms. The first-order valence-corrected chi connectivity index (χ1v) is 8.64. The van der Waals surface area contributed by atoms with Crippen molar-refractivity contribution in [1.29, 1.82) is 0 Å². The first-order valence-electron chi connectivity index (χ1n) is 6.82. The summed E-state index contributed by atoms with van der Waals surface area (Å²) in [4.78, 5) is 2.38. The van der Waals surface area contributed by atoms with Crippen LogP contribution in [0.2, 0.25) is 0 Å². The third-order valence-electron chi connectivity index (χ3n) is 4.30. The fraction of sp³-hybridized carbons (Fsp3) is 1.00. The molecule has 4 nitrogen and oxygen atoms in total. The summed E-state index contributed by atoms with van der Waals surface area (Å²) in [6.07, 6.45) is 5.10. The van der Waals surface area contributed by atoms with Gasteiger partial charge in [-0.3, -0.25) is 4.90 Å². The number of nitrogens with one attached hydrogen (secondary N) is 1. The van der Waals surface area contributed by atoms with Gasteiger partial charge in [-0.1, -0.05) is 0 Å². The van der Waals surface area contributed by atoms with Gasteiger partial charge in [0.2, 0.25) is 0 Å². The van der Waals surface area contributed by atoms with Crippen LogP contribution in [0.15, 0.2) is 0 Å². The van der Waals surface area contributed by atoms with Crippen LogP contribution in [0.1, 0.15) is 25.7 Å². The molecule has 2 aliphatic heterocycles. The van der Waals surface area contributed by atoms with Gasteiger partial charge in [0.1, 0.15) is 0 Å². The number of hydrogen-bond acceptors (Lipinski definition) is 4. The normalized spacial score (nSPS) is 37.6. The molecule has 3 aliphatic rings. The molecular weight excluding hydrogens is 236 g/mol. The van der Waals surface area contributed by atoms with E-state index in [9.17, 15) is 8.42 Å². The van der Waals surface area contributed by atoms with Crippen molar-refractivity contribution in [2.45, 2.75) is 37.8 Å². The van der Waals surface area contributed by atoms with Crippen LogP contribution in [-0.2, 0) is 9.84 Å². The fourth-order valence-electron chi connectivity index (χ4n) is 3.10. The Bertz CT molecular complexity index is 372. The monoisotopic (exact) mass is 258 g/mol. The van der Waals surface area contributed by atoms with Crippen molar-refractivity contribution < 1.29 is 8.42 Å². The molecule has 3 fully saturated rings. The maximum atomic E-state index is 11.8. The van der Waals surface area contributed by atoms with Crippen LogP contribution in [0, 0.1) is 5.92 Å². The summed E-state index contributed by atoms with van der Waals surface area (Å²) in [6.45, 7) is 3.19. The molecule has 98 valence electrons. The predicted octanol–water partition coefficient (Wildman–Crippen LogP) is 0.247. The number of rotatable bonds is 4. The standard InChI is InChI=1S/C12H22N2O2S/c15-17(16)8-11(13-7-10-3-4-10)12(9-17)14-5-1-2-6-14/h10-13H,1-9H2/t11-,12-/m1/s1. The summed E-state index contributed by atoms with van der Waals surface area (Å²) >= 11 is 0. The van der Waals surface area contributed by atoms with E-state index in [-0.39, 0.29) is 12.1 Å². The van der Waals surface area contributed by atoms with Crippen LogP contribution in [-0.4, -0.2) is 56.5 Å². The van der Waals surface area contributed by atoms with Crippen LogP contribution < -0.4 is 5.32 Å². The van der Waals surface area contributed by atoms with Gasteiger partial charge in [-0.15, -0.1) is 0 Å². The molecule has 2 atom stereocenters. The highest BCUT2D eigenvalue weighted by molar-refractivity contribution is 7.91. The minimum atomic E-state index is -2.81. The van der Waals surface area contributed by atoms with Gasteiger partial charge in [0, 0.05) is 12.1 Å². The third-order valence-corrected chi connectivity index (χ3v) is 6.01. The topological polar surface area (TPSA) is 49.4 Å². The highest BCUT2D eigenvalue weighted by Crippen LogP contribution is 2.29. The Morgan fingerprint density at radius 3 is 2.47 bits per heavy atom. The van der Waals surface area contributed by atoms with Crippen molar-refractivity contribution in [2.75, 3.05) is 31.1 Å². The molecule has 3 rings (SSSR count). The predicted molar refractivity (Wildman–Crippen MR) is 67.8 cm³/mol. The van der Waals surface area contributed by atoms with E-state index in [1.54, 1.807) is 0 Å². The zero-order valence-corrected chi connectivity index (χ0v) is 11.1. The Labute approximate surface area is 104 Å². The molecule has 0 spiro atoms. The van der Waals surface area contributed by atoms with E-state index in [1.165, 1.54) is 25.7 Å². The summed E-state index contributed by atoms with van der Waals surface area (Å²) in [6, 6.07) is 0.417. The average Bonchev–Trinajstić information content (AvgIpc) is 2.83. The molecule has 0 aromatic rings. The second-order valence-corrected chi connectivity index (χ2v) is 8.00. The average molecular weight is 258 g/mol. The van der Waals surface area contributed by atoms with Gasteiger partial charge >= 0.3 is 0 Å². The van der Waals surface area contributed by atoms with Crippen molar-refractivity contribution in [2.24, 2.45) is 5.92 Å². The lowest BCUT2D eigenvalue weighted by molar-refractivity contribution is 0.225. The van der Waals surface area contributed by atoms with Gasteiger partial charge in [0.05, 0.1) is 11.5 Å². The molecule has 17 heavy (non-hydrogen) atoms. The molecule has 0 radical (unpaired) electrons. The summed E-state index contributed by atoms with van der Waals surface area (Å²) in [5.74, 6) is 1.54. The van der Waals surface area contributed by atoms with Crippen molar-refractivity contribution in [3.05, 3.63) is 0 Å². The fourth-order valence-corrected chi connectivity index (χ4v) is 5.08. The van der Waals surface area contributed by atoms with Crippen LogP contribution in [0.5, 0.6) is 0 Å². The molecule has 0 unspecified atom stereocenters. The smallest absolute Gasteiger partial charge is 0.153 e. The lowest BCUT2D eigenvalue weighted by Crippen LogP contribution is -2.48. The SMILES string of the molecule is O=S1(=O)C[C@@H](N2CCCC2)[C@H](NCC2CC2)C1. The molecule has 2 heterocycles. The summed E-state index contributed by atoms with van der Waals surface area (Å²) in [5.41, 5.74) is 0. The number of sulfone groups is 1. The summed E-state index contributed by atoms with van der Waals surface area (Å²) < 4.78 is 23.6. The number of hydrogen-bond donors (Lipinski definition) is 1. The Hall–Kier alpha value is -0.130. The highest BCUT2D eigenvalue weighted by Gasteiger charge is 2.41. The van der Waals surface area contributed by atoms with Gasteiger partial charge in [0.15, 0.2) is 9.84 Å². The Morgan fingerprint density at radius 2 is 1.82 bits per heavy atom. The Morgan fingerprint density at radius 1 is 1.12 bits per heavy atom. The van der Waals surface area contributed by atoms with Crippen molar-refractivity contribution in [3.8, 4) is 0 Å². The zero-order valence-electron chi connectivity index (χ0n) is 10.3. The molecule has 2 saturated heterocycles. The van der Waals surface area contributed by atoms with E-state index in [4.69, 9.17) is 0 Å². The van der Waals surface area contributed by atoms with E-state index in [0.717, 1.165) is 25.6 Å². The minimum absolute atomic E-state index is 0.179. The molecule has 1 aliphatic carbocycles. The first-order chi connectivity index (χ1) is 8.14. The molecule has 0 amide bonds. The van der Waals surface area contributed by atoms with Crippen LogP contribution in [0.25, 0.3) is 0 Å². The lowest BCUT2D eigenvalue weighted by Gasteiger charge is -2.28. The van der Waals surface area contributed by atoms with E-state index in [2.05, 4.69) is 10.2 Å². The van der Waals surface area contributed by atoms with Gasteiger partial charge < -0.3 is 5.32 Å². The van der Waals surface area contributed by atoms with Gasteiger partial charge in [-0.25, -0.2) is 8.42 Å². The van der Waals surface area contributed by atoms with Gasteiger partial charge in [-0.05, 0) is 51.2 Å². The van der Waals surface area contributed by atoms with Crippen molar-refractivity contribution in [1.82, 2.24) is 10.2 Å². The molecule has 0 bridgehead atoms. The molecule has 0 aromatic heterocycles. The van der Waals surface area contributed by atoms with Crippen molar-refractivity contribution in [3.63, 3.8) is 0 Å². The second kappa shape index (κ2) is 4.52. The van der Waals surface area contributed by atoms with Gasteiger partial charge in [0.25, 0.3) is 0 Å². The Balaban J connectivity index is 1.64. The van der Waals surface area contributed by atoms with Crippen LogP contribution in [0.3, 0.4) is 0 Å². The number of likely N-dealkylation sites (tertiary alicyclic amines) is 1. The van der Waals surface area contributed by atoms with Gasteiger partial charge in [-0.2, -0.15) is 0 Å². The van der Waals surface area contributed by atoms with E-state index in [0.29, 0.717) is 11.5 Å². The molecule has 1 saturated carbocycles. The third kappa shape index (κ3) is 2.83. The first kappa shape index (κ1) is 11.9. The second-order valence-electron chi connectivity index (χ2n) is 5.85. The molecular formula is C12H22N2O2S. The van der Waals surface area contributed by atoms with Crippen LogP contribution >= 0.6 is 0 Å². The highest BCUT2D eigenvalue weighted by atomic mass is 32.2. The zero-order chi connectivity index (χ0) is 11.9. The minimum Gasteiger partial charge on any atom is -0.311 e. The van der Waals surface area contributed by atoms with E-state index < -0.39 is 9.84 Å². The molecule has 0 aromatic carbocycles. The number of nitrogens with zero attached hydrogens (tertiary/aromatic N) is 1. The Kier molecular flexibility index (Phi) is 3.17. The summed E-state index contributed by atoms with van der Waals surface area (Å²) in [7, 11) is -2.81. The summed E-state index contributed by atoms with van der Waals surface area (Å²) in [5, 5.41) is 3.51. The van der Waals surface area contributed by atoms with Crippen LogP contribution in [0.4, 0.5) is 0 Å². The molecule has 1 N–H and O–H groups in total. The van der Waals surface area contributed by atoms with Crippen molar-refractivity contribution >= 4 is 9.84 Å². The van der Waals surface area contributed by atoms with E-state index >= 15 is 0 Å². The maximum absolute atomic E-state index is 11.8. The van der Waals surface area contributed by atoms with E-state index in [1.807, 2.05) is 0 Å².